The molecule has 6 nitrogen and oxygen atoms in total. The summed E-state index contributed by atoms with van der Waals surface area (Å²) in [6, 6.07) is 8.22. The molecule has 0 radical (unpaired) electrons. The second kappa shape index (κ2) is 10.1. The van der Waals surface area contributed by atoms with Crippen molar-refractivity contribution in [2.75, 3.05) is 24.3 Å². The Hall–Kier alpha value is -3.57. The molecule has 1 aliphatic rings. The molecular formula is C25H25F6N5O. The number of para-hydroxylation sites is 1. The van der Waals surface area contributed by atoms with Gasteiger partial charge in [-0.3, -0.25) is 4.79 Å². The van der Waals surface area contributed by atoms with Gasteiger partial charge in [0.1, 0.15) is 5.82 Å². The van der Waals surface area contributed by atoms with E-state index in [1.165, 1.54) is 0 Å². The Morgan fingerprint density at radius 2 is 1.54 bits per heavy atom. The van der Waals surface area contributed by atoms with Crippen molar-refractivity contribution in [2.45, 2.75) is 50.1 Å². The third-order valence-electron chi connectivity index (χ3n) is 6.30. The quantitative estimate of drug-likeness (QED) is 0.407. The minimum atomic E-state index is -5.11. The van der Waals surface area contributed by atoms with Crippen LogP contribution in [-0.2, 0) is 12.4 Å². The highest BCUT2D eigenvalue weighted by Crippen LogP contribution is 2.37. The summed E-state index contributed by atoms with van der Waals surface area (Å²) in [6.45, 7) is 0. The summed E-state index contributed by atoms with van der Waals surface area (Å²) >= 11 is 0. The summed E-state index contributed by atoms with van der Waals surface area (Å²) in [5.41, 5.74) is -3.13. The SMILES string of the molecule is CN(C)c1nc(NC2CCC(NC(=O)c3ccc(C(F)(F)F)cc3C(F)(F)F)CC2)nc2ccccc12. The van der Waals surface area contributed by atoms with Crippen molar-refractivity contribution in [3.05, 3.63) is 59.2 Å². The molecule has 0 bridgehead atoms. The first-order valence-corrected chi connectivity index (χ1v) is 11.6. The van der Waals surface area contributed by atoms with Crippen LogP contribution in [0.5, 0.6) is 0 Å². The number of halogens is 6. The molecule has 37 heavy (non-hydrogen) atoms. The molecule has 0 aliphatic heterocycles. The Kier molecular flexibility index (Phi) is 7.20. The standard InChI is InChI=1S/C25H25F6N5O/c1-36(2)21-18-5-3-4-6-20(18)34-23(35-21)33-16-10-8-15(9-11-16)32-22(37)17-12-7-14(24(26,27)28)13-19(17)25(29,30)31/h3-7,12-13,15-16H,8-11H2,1-2H3,(H,32,37)(H,33,34,35). The van der Waals surface area contributed by atoms with Crippen LogP contribution in [0.15, 0.2) is 42.5 Å². The van der Waals surface area contributed by atoms with E-state index in [9.17, 15) is 31.1 Å². The maximum Gasteiger partial charge on any atom is 0.417 e. The first-order chi connectivity index (χ1) is 17.3. The number of benzene rings is 2. The lowest BCUT2D eigenvalue weighted by Crippen LogP contribution is -2.41. The summed E-state index contributed by atoms with van der Waals surface area (Å²) in [5, 5.41) is 6.77. The van der Waals surface area contributed by atoms with E-state index in [0.717, 1.165) is 16.7 Å². The molecular weight excluding hydrogens is 500 g/mol. The topological polar surface area (TPSA) is 70.2 Å². The van der Waals surface area contributed by atoms with Gasteiger partial charge in [0, 0.05) is 31.6 Å². The average molecular weight is 525 g/mol. The van der Waals surface area contributed by atoms with Crippen molar-refractivity contribution in [1.29, 1.82) is 0 Å². The van der Waals surface area contributed by atoms with Crippen molar-refractivity contribution >= 4 is 28.6 Å². The van der Waals surface area contributed by atoms with Crippen LogP contribution in [0, 0.1) is 0 Å². The zero-order valence-electron chi connectivity index (χ0n) is 20.0. The minimum Gasteiger partial charge on any atom is -0.362 e. The molecule has 0 unspecified atom stereocenters. The van der Waals surface area contributed by atoms with E-state index in [1.807, 2.05) is 43.3 Å². The van der Waals surface area contributed by atoms with Gasteiger partial charge in [-0.25, -0.2) is 4.98 Å². The van der Waals surface area contributed by atoms with Crippen molar-refractivity contribution in [3.63, 3.8) is 0 Å². The monoisotopic (exact) mass is 525 g/mol. The number of amides is 1. The van der Waals surface area contributed by atoms with Crippen LogP contribution < -0.4 is 15.5 Å². The van der Waals surface area contributed by atoms with Gasteiger partial charge in [0.05, 0.1) is 22.2 Å². The molecule has 1 amide bonds. The third kappa shape index (κ3) is 6.05. The Morgan fingerprint density at radius 3 is 2.16 bits per heavy atom. The number of alkyl halides is 6. The van der Waals surface area contributed by atoms with Crippen LogP contribution >= 0.6 is 0 Å². The highest BCUT2D eigenvalue weighted by molar-refractivity contribution is 5.96. The van der Waals surface area contributed by atoms with Crippen LogP contribution in [0.1, 0.15) is 47.2 Å². The lowest BCUT2D eigenvalue weighted by Gasteiger charge is -2.30. The zero-order valence-corrected chi connectivity index (χ0v) is 20.0. The van der Waals surface area contributed by atoms with E-state index in [0.29, 0.717) is 43.8 Å². The van der Waals surface area contributed by atoms with E-state index in [4.69, 9.17) is 0 Å². The van der Waals surface area contributed by atoms with Crippen molar-refractivity contribution in [2.24, 2.45) is 0 Å². The van der Waals surface area contributed by atoms with Crippen LogP contribution in [0.25, 0.3) is 10.9 Å². The number of nitrogens with zero attached hydrogens (tertiary/aromatic N) is 3. The summed E-state index contributed by atoms with van der Waals surface area (Å²) in [6.07, 6.45) is -7.93. The van der Waals surface area contributed by atoms with E-state index >= 15 is 0 Å². The number of fused-ring (bicyclic) bond motifs is 1. The number of carbonyl (C=O) groups is 1. The fourth-order valence-electron chi connectivity index (χ4n) is 4.45. The molecule has 198 valence electrons. The lowest BCUT2D eigenvalue weighted by atomic mass is 9.91. The fraction of sp³-hybridized carbons (Fsp3) is 0.400. The van der Waals surface area contributed by atoms with Crippen molar-refractivity contribution in [3.8, 4) is 0 Å². The van der Waals surface area contributed by atoms with E-state index in [-0.39, 0.29) is 12.1 Å². The first-order valence-electron chi connectivity index (χ1n) is 11.6. The van der Waals surface area contributed by atoms with Crippen LogP contribution in [0.3, 0.4) is 0 Å². The largest absolute Gasteiger partial charge is 0.417 e. The normalized spacial score (nSPS) is 18.5. The molecule has 2 N–H and O–H groups in total. The van der Waals surface area contributed by atoms with Gasteiger partial charge in [-0.1, -0.05) is 12.1 Å². The summed E-state index contributed by atoms with van der Waals surface area (Å²) < 4.78 is 79.0. The van der Waals surface area contributed by atoms with Crippen molar-refractivity contribution < 1.29 is 31.1 Å². The lowest BCUT2D eigenvalue weighted by molar-refractivity contribution is -0.143. The highest BCUT2D eigenvalue weighted by atomic mass is 19.4. The number of anilines is 2. The molecule has 1 heterocycles. The molecule has 12 heteroatoms. The maximum atomic E-state index is 13.4. The number of carbonyl (C=O) groups excluding carboxylic acids is 1. The molecule has 4 rings (SSSR count). The summed E-state index contributed by atoms with van der Waals surface area (Å²) in [4.78, 5) is 23.7. The smallest absolute Gasteiger partial charge is 0.362 e. The molecule has 0 spiro atoms. The van der Waals surface area contributed by atoms with Gasteiger partial charge >= 0.3 is 12.4 Å². The number of rotatable bonds is 5. The van der Waals surface area contributed by atoms with E-state index < -0.39 is 41.0 Å². The predicted octanol–water partition coefficient (Wildman–Crippen LogP) is 5.89. The van der Waals surface area contributed by atoms with Crippen molar-refractivity contribution in [1.82, 2.24) is 15.3 Å². The Balaban J connectivity index is 1.42. The van der Waals surface area contributed by atoms with Crippen LogP contribution in [0.4, 0.5) is 38.1 Å². The third-order valence-corrected chi connectivity index (χ3v) is 6.30. The van der Waals surface area contributed by atoms with Gasteiger partial charge in [0.25, 0.3) is 5.91 Å². The zero-order chi connectivity index (χ0) is 27.0. The summed E-state index contributed by atoms with van der Waals surface area (Å²) in [5.74, 6) is 0.159. The number of hydrogen-bond donors (Lipinski definition) is 2. The van der Waals surface area contributed by atoms with Gasteiger partial charge in [-0.05, 0) is 56.0 Å². The van der Waals surface area contributed by atoms with E-state index in [2.05, 4.69) is 20.6 Å². The maximum absolute atomic E-state index is 13.4. The highest BCUT2D eigenvalue weighted by Gasteiger charge is 2.39. The predicted molar refractivity (Wildman–Crippen MR) is 127 cm³/mol. The molecule has 2 aromatic carbocycles. The van der Waals surface area contributed by atoms with Gasteiger partial charge < -0.3 is 15.5 Å². The van der Waals surface area contributed by atoms with Crippen LogP contribution in [-0.4, -0.2) is 42.1 Å². The minimum absolute atomic E-state index is 0.0128. The Bertz CT molecular complexity index is 1280. The molecule has 1 fully saturated rings. The molecule has 0 saturated heterocycles. The van der Waals surface area contributed by atoms with Crippen LogP contribution in [0.2, 0.25) is 0 Å². The van der Waals surface area contributed by atoms with Gasteiger partial charge in [0.2, 0.25) is 5.95 Å². The average Bonchev–Trinajstić information content (AvgIpc) is 2.83. The molecule has 1 aromatic heterocycles. The molecule has 1 saturated carbocycles. The molecule has 0 atom stereocenters. The first kappa shape index (κ1) is 26.5. The Morgan fingerprint density at radius 1 is 0.892 bits per heavy atom. The number of nitrogens with one attached hydrogen (secondary N) is 2. The Labute approximate surface area is 209 Å². The fourth-order valence-corrected chi connectivity index (χ4v) is 4.45. The van der Waals surface area contributed by atoms with Gasteiger partial charge in [-0.15, -0.1) is 0 Å². The second-order valence-electron chi connectivity index (χ2n) is 9.20. The van der Waals surface area contributed by atoms with E-state index in [1.54, 1.807) is 0 Å². The second-order valence-corrected chi connectivity index (χ2v) is 9.20. The number of hydrogen-bond acceptors (Lipinski definition) is 5. The van der Waals surface area contributed by atoms with Gasteiger partial charge in [-0.2, -0.15) is 31.3 Å². The molecule has 1 aliphatic carbocycles. The summed E-state index contributed by atoms with van der Waals surface area (Å²) in [7, 11) is 3.76. The number of aromatic nitrogens is 2. The van der Waals surface area contributed by atoms with Gasteiger partial charge in [0.15, 0.2) is 0 Å². The molecule has 3 aromatic rings.